The minimum Gasteiger partial charge on any atom is -0.653 e. The molecular formula is C10H12AlO4+. The van der Waals surface area contributed by atoms with Crippen molar-refractivity contribution in [1.82, 2.24) is 0 Å². The molecule has 5 heteroatoms. The third-order valence-corrected chi connectivity index (χ3v) is 2.26. The van der Waals surface area contributed by atoms with E-state index < -0.39 is 0 Å². The molecule has 0 saturated heterocycles. The van der Waals surface area contributed by atoms with Crippen molar-refractivity contribution in [3.63, 3.8) is 0 Å². The van der Waals surface area contributed by atoms with E-state index in [-0.39, 0.29) is 5.78 Å². The van der Waals surface area contributed by atoms with E-state index in [4.69, 9.17) is 13.3 Å². The minimum absolute atomic E-state index is 0.161. The lowest BCUT2D eigenvalue weighted by Crippen LogP contribution is -2.02. The van der Waals surface area contributed by atoms with Gasteiger partial charge in [-0.3, -0.25) is 4.79 Å². The van der Waals surface area contributed by atoms with Crippen LogP contribution < -0.4 is 13.3 Å². The normalized spacial score (nSPS) is 9.53. The van der Waals surface area contributed by atoms with E-state index in [1.807, 2.05) is 0 Å². The molecule has 1 aromatic rings. The fourth-order valence-corrected chi connectivity index (χ4v) is 1.44. The molecule has 0 amide bonds. The van der Waals surface area contributed by atoms with Gasteiger partial charge < -0.3 is 13.3 Å². The number of benzene rings is 1. The number of hydrogen-bond acceptors (Lipinski definition) is 3. The van der Waals surface area contributed by atoms with E-state index >= 15 is 0 Å². The second kappa shape index (κ2) is 5.06. The molecule has 15 heavy (non-hydrogen) atoms. The second-order valence-corrected chi connectivity index (χ2v) is 3.14. The Balaban J connectivity index is 3.34. The molecule has 0 aliphatic heterocycles. The highest BCUT2D eigenvalue weighted by Crippen LogP contribution is 2.34. The van der Waals surface area contributed by atoms with Gasteiger partial charge in [0.25, 0.3) is 0 Å². The molecule has 0 atom stereocenters. The summed E-state index contributed by atoms with van der Waals surface area (Å²) in [7, 11) is 3.08. The summed E-state index contributed by atoms with van der Waals surface area (Å²) in [6.45, 7) is 1.58. The van der Waals surface area contributed by atoms with Gasteiger partial charge in [-0.05, 0) is 0 Å². The Morgan fingerprint density at radius 3 is 2.07 bits per heavy atom. The summed E-state index contributed by atoms with van der Waals surface area (Å²) in [5.74, 6) is 1.78. The second-order valence-electron chi connectivity index (χ2n) is 2.91. The van der Waals surface area contributed by atoms with Crippen LogP contribution in [0.2, 0.25) is 0 Å². The van der Waals surface area contributed by atoms with Crippen molar-refractivity contribution >= 4 is 22.4 Å². The molecular weight excluding hydrogens is 211 g/mol. The summed E-state index contributed by atoms with van der Waals surface area (Å²) >= 11 is 2.13. The molecule has 78 valence electrons. The molecule has 1 N–H and O–H groups in total. The maximum Gasteiger partial charge on any atom is 0.482 e. The predicted octanol–water partition coefficient (Wildman–Crippen LogP) is 1.08. The maximum atomic E-state index is 9.45. The number of hydrogen-bond donors (Lipinski definition) is 0. The highest BCUT2D eigenvalue weighted by molar-refractivity contribution is 6.03. The van der Waals surface area contributed by atoms with Crippen LogP contribution in [0.4, 0.5) is 0 Å². The standard InChI is InChI=1S/C10H12O4.Al/c1-6(11)7-4-9(13-2)10(14-3)5-8(7)12;/h4-5,12H,1-3H3;/q;+1. The van der Waals surface area contributed by atoms with Crippen LogP contribution >= 0.6 is 0 Å². The van der Waals surface area contributed by atoms with Gasteiger partial charge in [-0.15, -0.1) is 0 Å². The lowest BCUT2D eigenvalue weighted by molar-refractivity contribution is 0.353. The minimum atomic E-state index is 0.161. The summed E-state index contributed by atoms with van der Waals surface area (Å²) in [5.41, 5.74) is 0.572. The number of methoxy groups -OCH3 is 2. The zero-order chi connectivity index (χ0) is 11.4. The molecule has 0 aliphatic rings. The average molecular weight is 223 g/mol. The van der Waals surface area contributed by atoms with Gasteiger partial charge in [0.1, 0.15) is 11.3 Å². The monoisotopic (exact) mass is 223 g/mol. The fraction of sp³-hybridized carbons (Fsp3) is 0.300. The van der Waals surface area contributed by atoms with E-state index in [1.165, 1.54) is 7.11 Å². The Labute approximate surface area is 96.9 Å². The van der Waals surface area contributed by atoms with Crippen LogP contribution in [-0.2, 0) is 0 Å². The first kappa shape index (κ1) is 11.9. The van der Waals surface area contributed by atoms with E-state index in [9.17, 15) is 4.79 Å². The Kier molecular flexibility index (Phi) is 4.01. The molecule has 0 aliphatic carbocycles. The zero-order valence-electron chi connectivity index (χ0n) is 8.90. The van der Waals surface area contributed by atoms with Gasteiger partial charge in [-0.1, -0.05) is 0 Å². The predicted molar refractivity (Wildman–Crippen MR) is 57.6 cm³/mol. The summed E-state index contributed by atoms with van der Waals surface area (Å²) in [5, 5.41) is 0. The fourth-order valence-electron chi connectivity index (χ4n) is 1.24. The van der Waals surface area contributed by atoms with Crippen LogP contribution in [-0.4, -0.2) is 41.4 Å². The molecule has 0 spiro atoms. The van der Waals surface area contributed by atoms with Crippen LogP contribution in [0.15, 0.2) is 12.1 Å². The molecule has 0 heterocycles. The highest BCUT2D eigenvalue weighted by atomic mass is 27.1. The Morgan fingerprint density at radius 1 is 1.13 bits per heavy atom. The molecule has 0 bridgehead atoms. The highest BCUT2D eigenvalue weighted by Gasteiger charge is 2.17. The Hall–Kier alpha value is -1.18. The number of ether oxygens (including phenoxy) is 2. The van der Waals surface area contributed by atoms with E-state index in [0.717, 1.165) is 0 Å². The maximum absolute atomic E-state index is 9.45. The summed E-state index contributed by atoms with van der Waals surface area (Å²) in [6.07, 6.45) is 0. The van der Waals surface area contributed by atoms with Crippen molar-refractivity contribution in [3.05, 3.63) is 17.7 Å². The lowest BCUT2D eigenvalue weighted by atomic mass is 10.1. The molecule has 0 fully saturated rings. The first-order valence-electron chi connectivity index (χ1n) is 4.29. The molecule has 1 rings (SSSR count). The van der Waals surface area contributed by atoms with Crippen molar-refractivity contribution in [2.45, 2.75) is 6.92 Å². The van der Waals surface area contributed by atoms with Crippen molar-refractivity contribution in [1.29, 1.82) is 0 Å². The zero-order valence-corrected chi connectivity index (χ0v) is 10.1. The van der Waals surface area contributed by atoms with Crippen molar-refractivity contribution in [2.75, 3.05) is 14.2 Å². The van der Waals surface area contributed by atoms with E-state index in [2.05, 4.69) is 16.6 Å². The number of rotatable bonds is 4. The summed E-state index contributed by atoms with van der Waals surface area (Å²) in [6, 6.07) is 3.31. The molecule has 0 saturated carbocycles. The number of carbonyl (C=O) groups excluding carboxylic acids is 1. The first-order valence-corrected chi connectivity index (χ1v) is 4.76. The van der Waals surface area contributed by atoms with Gasteiger partial charge in [-0.25, -0.2) is 0 Å². The van der Waals surface area contributed by atoms with Gasteiger partial charge in [0, 0.05) is 12.1 Å². The third kappa shape index (κ3) is 2.44. The SMILES string of the molecule is COc1cc([O][Al])c(C(C)=[OH+])cc1OC. The number of ketones is 1. The molecule has 0 aromatic heterocycles. The molecule has 2 radical (unpaired) electrons. The average Bonchev–Trinajstić information content (AvgIpc) is 2.26. The van der Waals surface area contributed by atoms with Crippen LogP contribution in [0.1, 0.15) is 12.5 Å². The van der Waals surface area contributed by atoms with Crippen molar-refractivity contribution < 1.29 is 18.1 Å². The molecule has 4 nitrogen and oxygen atoms in total. The molecule has 0 unspecified atom stereocenters. The topological polar surface area (TPSA) is 49.1 Å². The quantitative estimate of drug-likeness (QED) is 0.436. The van der Waals surface area contributed by atoms with Crippen molar-refractivity contribution in [2.24, 2.45) is 0 Å². The molecule has 1 aromatic carbocycles. The third-order valence-electron chi connectivity index (χ3n) is 2.00. The van der Waals surface area contributed by atoms with Gasteiger partial charge in [0.05, 0.1) is 21.1 Å². The van der Waals surface area contributed by atoms with Gasteiger partial charge in [-0.2, -0.15) is 0 Å². The van der Waals surface area contributed by atoms with Gasteiger partial charge in [0.2, 0.25) is 0 Å². The van der Waals surface area contributed by atoms with Crippen LogP contribution in [0.5, 0.6) is 17.2 Å². The van der Waals surface area contributed by atoms with Gasteiger partial charge >= 0.3 is 22.4 Å². The summed E-state index contributed by atoms with van der Waals surface area (Å²) in [4.78, 5) is 9.45. The van der Waals surface area contributed by atoms with Gasteiger partial charge in [0.15, 0.2) is 11.5 Å². The Morgan fingerprint density at radius 2 is 1.67 bits per heavy atom. The van der Waals surface area contributed by atoms with Crippen LogP contribution in [0.25, 0.3) is 0 Å². The summed E-state index contributed by atoms with van der Waals surface area (Å²) < 4.78 is 15.3. The van der Waals surface area contributed by atoms with E-state index in [0.29, 0.717) is 22.8 Å². The largest absolute Gasteiger partial charge is 0.653 e. The van der Waals surface area contributed by atoms with Crippen LogP contribution in [0.3, 0.4) is 0 Å². The van der Waals surface area contributed by atoms with E-state index in [1.54, 1.807) is 26.2 Å². The Bertz CT molecular complexity index is 376. The first-order chi connectivity index (χ1) is 7.13. The smallest absolute Gasteiger partial charge is 0.482 e. The lowest BCUT2D eigenvalue weighted by Gasteiger charge is -2.12. The van der Waals surface area contributed by atoms with Crippen molar-refractivity contribution in [3.8, 4) is 17.2 Å². The van der Waals surface area contributed by atoms with Crippen LogP contribution in [0, 0.1) is 0 Å².